The lowest BCUT2D eigenvalue weighted by Gasteiger charge is -2.43. The lowest BCUT2D eigenvalue weighted by atomic mass is 9.63. The average molecular weight is 295 g/mol. The van der Waals surface area contributed by atoms with Gasteiger partial charge in [0.05, 0.1) is 0 Å². The summed E-state index contributed by atoms with van der Waals surface area (Å²) >= 11 is 0. The first-order valence-corrected chi connectivity index (χ1v) is 9.25. The summed E-state index contributed by atoms with van der Waals surface area (Å²) in [6.07, 6.45) is 8.66. The normalized spacial score (nSPS) is 28.7. The third-order valence-electron chi connectivity index (χ3n) is 4.90. The molecule has 0 bridgehead atoms. The van der Waals surface area contributed by atoms with Gasteiger partial charge in [-0.05, 0) is 66.1 Å². The molecule has 1 rings (SSSR count). The summed E-state index contributed by atoms with van der Waals surface area (Å²) in [5.41, 5.74) is 1.45. The van der Waals surface area contributed by atoms with Gasteiger partial charge in [0, 0.05) is 0 Å². The van der Waals surface area contributed by atoms with Gasteiger partial charge in [-0.1, -0.05) is 68.7 Å². The van der Waals surface area contributed by atoms with Crippen LogP contribution < -0.4 is 0 Å². The van der Waals surface area contributed by atoms with Crippen molar-refractivity contribution in [3.63, 3.8) is 0 Å². The molecular formula is C21H42. The smallest absolute Gasteiger partial charge is 0.0378 e. The van der Waals surface area contributed by atoms with Gasteiger partial charge in [-0.15, -0.1) is 0 Å². The Morgan fingerprint density at radius 1 is 0.571 bits per heavy atom. The Hall–Kier alpha value is 0. The van der Waals surface area contributed by atoms with Crippen molar-refractivity contribution < 1.29 is 0 Å². The number of hydrogen-bond acceptors (Lipinski definition) is 0. The molecule has 1 aliphatic carbocycles. The molecule has 0 heterocycles. The molecule has 0 nitrogen and oxygen atoms in total. The molecule has 1 saturated carbocycles. The zero-order valence-corrected chi connectivity index (χ0v) is 16.5. The van der Waals surface area contributed by atoms with Crippen LogP contribution in [0.4, 0.5) is 0 Å². The first-order chi connectivity index (χ1) is 9.25. The molecule has 0 radical (unpaired) electrons. The van der Waals surface area contributed by atoms with Crippen LogP contribution in [0.5, 0.6) is 0 Å². The average Bonchev–Trinajstić information content (AvgIpc) is 2.15. The fourth-order valence-corrected chi connectivity index (χ4v) is 4.57. The molecule has 1 aliphatic rings. The van der Waals surface area contributed by atoms with Gasteiger partial charge < -0.3 is 0 Å². The second-order valence-electron chi connectivity index (χ2n) is 11.5. The molecule has 0 spiro atoms. The van der Waals surface area contributed by atoms with E-state index in [9.17, 15) is 0 Å². The van der Waals surface area contributed by atoms with Crippen LogP contribution >= 0.6 is 0 Å². The molecule has 126 valence electrons. The topological polar surface area (TPSA) is 0 Å². The molecule has 0 heteroatoms. The van der Waals surface area contributed by atoms with E-state index >= 15 is 0 Å². The van der Waals surface area contributed by atoms with Crippen molar-refractivity contribution in [2.24, 2.45) is 34.0 Å². The fraction of sp³-hybridized carbons (Fsp3) is 1.00. The molecule has 0 aromatic carbocycles. The van der Waals surface area contributed by atoms with Gasteiger partial charge in [0.1, 0.15) is 0 Å². The van der Waals surface area contributed by atoms with E-state index in [1.165, 1.54) is 38.5 Å². The number of hydrogen-bond donors (Lipinski definition) is 0. The largest absolute Gasteiger partial charge is 0.0602 e. The van der Waals surface area contributed by atoms with Gasteiger partial charge in [-0.3, -0.25) is 0 Å². The Balaban J connectivity index is 2.74. The zero-order valence-electron chi connectivity index (χ0n) is 16.5. The Morgan fingerprint density at radius 2 is 1.00 bits per heavy atom. The molecule has 0 amide bonds. The maximum atomic E-state index is 2.43. The van der Waals surface area contributed by atoms with E-state index in [1.807, 2.05) is 0 Å². The standard InChI is InChI=1S/C21H42/c1-19(2,3)13-16-10-11-17(14-20(4,5)6)18(12-16)15-21(7,8)9/h16-18H,10-15H2,1-9H3. The van der Waals surface area contributed by atoms with Crippen molar-refractivity contribution in [3.8, 4) is 0 Å². The van der Waals surface area contributed by atoms with Crippen molar-refractivity contribution in [2.75, 3.05) is 0 Å². The predicted octanol–water partition coefficient (Wildman–Crippen LogP) is 7.33. The minimum atomic E-state index is 0.477. The van der Waals surface area contributed by atoms with Crippen LogP contribution in [0.1, 0.15) is 101 Å². The Morgan fingerprint density at radius 3 is 1.43 bits per heavy atom. The van der Waals surface area contributed by atoms with E-state index in [0.29, 0.717) is 16.2 Å². The molecule has 21 heavy (non-hydrogen) atoms. The van der Waals surface area contributed by atoms with Crippen LogP contribution in [0, 0.1) is 34.0 Å². The van der Waals surface area contributed by atoms with Crippen LogP contribution in [-0.4, -0.2) is 0 Å². The molecule has 3 unspecified atom stereocenters. The highest BCUT2D eigenvalue weighted by atomic mass is 14.4. The van der Waals surface area contributed by atoms with Crippen LogP contribution in [0.3, 0.4) is 0 Å². The summed E-state index contributed by atoms with van der Waals surface area (Å²) in [5.74, 6) is 2.87. The maximum absolute atomic E-state index is 2.43. The Bertz CT molecular complexity index is 304. The highest BCUT2D eigenvalue weighted by molar-refractivity contribution is 4.86. The highest BCUT2D eigenvalue weighted by Gasteiger charge is 2.35. The second kappa shape index (κ2) is 6.63. The summed E-state index contributed by atoms with van der Waals surface area (Å²) in [6.45, 7) is 21.8. The van der Waals surface area contributed by atoms with Gasteiger partial charge in [0.15, 0.2) is 0 Å². The molecule has 0 saturated heterocycles. The van der Waals surface area contributed by atoms with Crippen molar-refractivity contribution in [2.45, 2.75) is 101 Å². The highest BCUT2D eigenvalue weighted by Crippen LogP contribution is 2.47. The van der Waals surface area contributed by atoms with Crippen molar-refractivity contribution in [3.05, 3.63) is 0 Å². The van der Waals surface area contributed by atoms with E-state index in [4.69, 9.17) is 0 Å². The van der Waals surface area contributed by atoms with Gasteiger partial charge >= 0.3 is 0 Å². The van der Waals surface area contributed by atoms with E-state index in [-0.39, 0.29) is 0 Å². The molecular weight excluding hydrogens is 252 g/mol. The minimum absolute atomic E-state index is 0.477. The van der Waals surface area contributed by atoms with Crippen LogP contribution in [0.15, 0.2) is 0 Å². The zero-order chi connectivity index (χ0) is 16.5. The van der Waals surface area contributed by atoms with E-state index < -0.39 is 0 Å². The van der Waals surface area contributed by atoms with E-state index in [2.05, 4.69) is 62.3 Å². The van der Waals surface area contributed by atoms with Crippen LogP contribution in [0.2, 0.25) is 0 Å². The van der Waals surface area contributed by atoms with E-state index in [1.54, 1.807) is 0 Å². The summed E-state index contributed by atoms with van der Waals surface area (Å²) in [6, 6.07) is 0. The summed E-state index contributed by atoms with van der Waals surface area (Å²) in [5, 5.41) is 0. The van der Waals surface area contributed by atoms with E-state index in [0.717, 1.165) is 17.8 Å². The van der Waals surface area contributed by atoms with Gasteiger partial charge in [-0.2, -0.15) is 0 Å². The monoisotopic (exact) mass is 294 g/mol. The third-order valence-corrected chi connectivity index (χ3v) is 4.90. The summed E-state index contributed by atoms with van der Waals surface area (Å²) < 4.78 is 0. The molecule has 1 fully saturated rings. The molecule has 3 atom stereocenters. The first-order valence-electron chi connectivity index (χ1n) is 9.25. The van der Waals surface area contributed by atoms with Crippen molar-refractivity contribution >= 4 is 0 Å². The lowest BCUT2D eigenvalue weighted by molar-refractivity contribution is 0.0813. The molecule has 0 aliphatic heterocycles. The molecule has 0 aromatic rings. The van der Waals surface area contributed by atoms with Gasteiger partial charge in [-0.25, -0.2) is 0 Å². The third kappa shape index (κ3) is 8.27. The van der Waals surface area contributed by atoms with Crippen LogP contribution in [0.25, 0.3) is 0 Å². The molecule has 0 aromatic heterocycles. The lowest BCUT2D eigenvalue weighted by Crippen LogP contribution is -2.32. The SMILES string of the molecule is CC(C)(C)CC1CCC(CC(C)(C)C)C(CC(C)(C)C)C1. The second-order valence-corrected chi connectivity index (χ2v) is 11.5. The fourth-order valence-electron chi connectivity index (χ4n) is 4.57. The minimum Gasteiger partial charge on any atom is -0.0602 e. The summed E-state index contributed by atoms with van der Waals surface area (Å²) in [7, 11) is 0. The summed E-state index contributed by atoms with van der Waals surface area (Å²) in [4.78, 5) is 0. The Labute approximate surface area is 135 Å². The quantitative estimate of drug-likeness (QED) is 0.511. The number of rotatable bonds is 3. The maximum Gasteiger partial charge on any atom is -0.0378 e. The van der Waals surface area contributed by atoms with Crippen molar-refractivity contribution in [1.82, 2.24) is 0 Å². The van der Waals surface area contributed by atoms with Gasteiger partial charge in [0.2, 0.25) is 0 Å². The van der Waals surface area contributed by atoms with Crippen molar-refractivity contribution in [1.29, 1.82) is 0 Å². The molecule has 0 N–H and O–H groups in total. The Kier molecular flexibility index (Phi) is 6.01. The van der Waals surface area contributed by atoms with Crippen LogP contribution in [-0.2, 0) is 0 Å². The first kappa shape index (κ1) is 19.0. The van der Waals surface area contributed by atoms with Gasteiger partial charge in [0.25, 0.3) is 0 Å². The predicted molar refractivity (Wildman–Crippen MR) is 96.5 cm³/mol.